The maximum atomic E-state index is 13.3. The van der Waals surface area contributed by atoms with E-state index in [1.807, 2.05) is 6.07 Å². The van der Waals surface area contributed by atoms with Crippen molar-refractivity contribution in [2.75, 3.05) is 11.4 Å². The summed E-state index contributed by atoms with van der Waals surface area (Å²) in [7, 11) is 0. The molecule has 5 rings (SSSR count). The fraction of sp³-hybridized carbons (Fsp3) is 0.286. The molecule has 2 aromatic rings. The maximum absolute atomic E-state index is 13.3. The number of imide groups is 1. The van der Waals surface area contributed by atoms with Gasteiger partial charge in [0.05, 0.1) is 24.0 Å². The Balaban J connectivity index is 1.56. The molecule has 3 saturated heterocycles. The normalized spacial score (nSPS) is 24.9. The highest BCUT2D eigenvalue weighted by Crippen LogP contribution is 2.43. The molecule has 0 aliphatic carbocycles. The number of rotatable bonds is 3. The van der Waals surface area contributed by atoms with Crippen molar-refractivity contribution in [3.05, 3.63) is 48.8 Å². The van der Waals surface area contributed by atoms with E-state index in [1.54, 1.807) is 40.1 Å². The number of carbonyl (C=O) groups is 3. The summed E-state index contributed by atoms with van der Waals surface area (Å²) in [5.74, 6) is -0.424. The Bertz CT molecular complexity index is 1140. The number of hydrogen-bond acceptors (Lipinski definition) is 5. The molecule has 3 unspecified atom stereocenters. The summed E-state index contributed by atoms with van der Waals surface area (Å²) in [6.07, 6.45) is 3.78. The fourth-order valence-corrected chi connectivity index (χ4v) is 4.85. The minimum Gasteiger partial charge on any atom is -0.335 e. The average molecular weight is 387 g/mol. The van der Waals surface area contributed by atoms with E-state index in [0.717, 1.165) is 4.90 Å². The molecule has 2 bridgehead atoms. The number of carbonyl (C=O) groups excluding carboxylic acids is 3. The van der Waals surface area contributed by atoms with Crippen molar-refractivity contribution in [1.29, 1.82) is 5.26 Å². The number of aromatic nitrogens is 1. The summed E-state index contributed by atoms with van der Waals surface area (Å²) in [4.78, 5) is 47.5. The van der Waals surface area contributed by atoms with Crippen LogP contribution in [0.2, 0.25) is 0 Å². The van der Waals surface area contributed by atoms with Gasteiger partial charge in [-0.25, -0.2) is 14.7 Å². The number of nitrogens with zero attached hydrogens (tertiary/aromatic N) is 5. The number of likely N-dealkylation sites (tertiary alicyclic amines) is 1. The first kappa shape index (κ1) is 17.4. The molecule has 1 aromatic carbocycles. The number of hydrogen-bond donors (Lipinski definition) is 0. The average Bonchev–Trinajstić information content (AvgIpc) is 3.39. The van der Waals surface area contributed by atoms with E-state index < -0.39 is 6.04 Å². The zero-order chi connectivity index (χ0) is 20.3. The smallest absolute Gasteiger partial charge is 0.332 e. The van der Waals surface area contributed by atoms with Gasteiger partial charge < -0.3 is 9.80 Å². The standard InChI is InChI=1S/C21H17N5O3/c1-2-5-18(27)24-11-12-8-16(24)19-20(28)26(21(29)25(12)19)17-10-23-15(9-22)13-6-3-4-7-14(13)17/h2-4,6-7,10,12,16,19H,1,5,8,11H2. The zero-order valence-corrected chi connectivity index (χ0v) is 15.5. The summed E-state index contributed by atoms with van der Waals surface area (Å²) >= 11 is 0. The van der Waals surface area contributed by atoms with Crippen molar-refractivity contribution in [3.63, 3.8) is 0 Å². The molecule has 3 fully saturated rings. The Morgan fingerprint density at radius 1 is 1.31 bits per heavy atom. The second-order valence-electron chi connectivity index (χ2n) is 7.45. The van der Waals surface area contributed by atoms with Crippen LogP contribution in [0.3, 0.4) is 0 Å². The van der Waals surface area contributed by atoms with Gasteiger partial charge >= 0.3 is 6.03 Å². The van der Waals surface area contributed by atoms with Crippen molar-refractivity contribution in [1.82, 2.24) is 14.8 Å². The molecule has 3 aliphatic rings. The first-order chi connectivity index (χ1) is 14.1. The Hall–Kier alpha value is -3.73. The van der Waals surface area contributed by atoms with Crippen molar-refractivity contribution >= 4 is 34.3 Å². The van der Waals surface area contributed by atoms with Gasteiger partial charge in [0.25, 0.3) is 5.91 Å². The van der Waals surface area contributed by atoms with Crippen LogP contribution >= 0.6 is 0 Å². The van der Waals surface area contributed by atoms with E-state index in [1.165, 1.54) is 6.20 Å². The van der Waals surface area contributed by atoms with Crippen LogP contribution in [0.4, 0.5) is 10.5 Å². The highest BCUT2D eigenvalue weighted by Gasteiger charge is 2.62. The number of pyridine rings is 1. The molecule has 0 spiro atoms. The van der Waals surface area contributed by atoms with Crippen LogP contribution in [0.5, 0.6) is 0 Å². The topological polar surface area (TPSA) is 97.6 Å². The molecule has 4 heterocycles. The molecule has 3 aliphatic heterocycles. The maximum Gasteiger partial charge on any atom is 0.332 e. The van der Waals surface area contributed by atoms with Gasteiger partial charge in [-0.15, -0.1) is 6.58 Å². The van der Waals surface area contributed by atoms with E-state index in [9.17, 15) is 19.6 Å². The molecule has 1 aromatic heterocycles. The Labute approximate surface area is 166 Å². The summed E-state index contributed by atoms with van der Waals surface area (Å²) in [5, 5.41) is 10.5. The third-order valence-electron chi connectivity index (χ3n) is 6.02. The largest absolute Gasteiger partial charge is 0.335 e. The molecule has 4 amide bonds. The van der Waals surface area contributed by atoms with Gasteiger partial charge in [-0.1, -0.05) is 30.3 Å². The number of fused-ring (bicyclic) bond motifs is 6. The molecule has 3 atom stereocenters. The number of piperazine rings is 1. The minimum atomic E-state index is -0.676. The monoisotopic (exact) mass is 387 g/mol. The SMILES string of the molecule is C=CCC(=O)N1CC2CC1C1C(=O)N(c3cnc(C#N)c4ccccc34)C(=O)N21. The third kappa shape index (κ3) is 2.24. The van der Waals surface area contributed by atoms with Crippen molar-refractivity contribution < 1.29 is 14.4 Å². The van der Waals surface area contributed by atoms with Crippen LogP contribution < -0.4 is 4.90 Å². The van der Waals surface area contributed by atoms with Crippen LogP contribution in [0.1, 0.15) is 18.5 Å². The molecule has 0 radical (unpaired) electrons. The molecule has 0 saturated carbocycles. The fourth-order valence-electron chi connectivity index (χ4n) is 4.85. The Morgan fingerprint density at radius 2 is 2.07 bits per heavy atom. The number of benzene rings is 1. The lowest BCUT2D eigenvalue weighted by Gasteiger charge is -2.34. The lowest BCUT2D eigenvalue weighted by molar-refractivity contribution is -0.134. The molecular formula is C21H17N5O3. The summed E-state index contributed by atoms with van der Waals surface area (Å²) < 4.78 is 0. The zero-order valence-electron chi connectivity index (χ0n) is 15.5. The molecule has 144 valence electrons. The van der Waals surface area contributed by atoms with Crippen LogP contribution in [-0.4, -0.2) is 57.3 Å². The van der Waals surface area contributed by atoms with Gasteiger partial charge in [0, 0.05) is 23.7 Å². The van der Waals surface area contributed by atoms with Crippen molar-refractivity contribution in [2.45, 2.75) is 31.0 Å². The van der Waals surface area contributed by atoms with Gasteiger partial charge in [0.15, 0.2) is 0 Å². The second-order valence-corrected chi connectivity index (χ2v) is 7.45. The van der Waals surface area contributed by atoms with E-state index in [2.05, 4.69) is 11.6 Å². The summed E-state index contributed by atoms with van der Waals surface area (Å²) in [6, 6.07) is 7.58. The van der Waals surface area contributed by atoms with Gasteiger partial charge in [0.1, 0.15) is 17.8 Å². The molecular weight excluding hydrogens is 370 g/mol. The van der Waals surface area contributed by atoms with E-state index in [-0.39, 0.29) is 42.0 Å². The Morgan fingerprint density at radius 3 is 2.79 bits per heavy atom. The molecule has 29 heavy (non-hydrogen) atoms. The van der Waals surface area contributed by atoms with Crippen molar-refractivity contribution in [2.24, 2.45) is 0 Å². The van der Waals surface area contributed by atoms with Crippen LogP contribution in [0, 0.1) is 11.3 Å². The number of anilines is 1. The first-order valence-electron chi connectivity index (χ1n) is 9.41. The van der Waals surface area contributed by atoms with E-state index in [0.29, 0.717) is 29.4 Å². The van der Waals surface area contributed by atoms with Crippen molar-refractivity contribution in [3.8, 4) is 6.07 Å². The van der Waals surface area contributed by atoms with Gasteiger partial charge in [-0.3, -0.25) is 9.59 Å². The van der Waals surface area contributed by atoms with E-state index >= 15 is 0 Å². The predicted molar refractivity (Wildman–Crippen MR) is 104 cm³/mol. The van der Waals surface area contributed by atoms with E-state index in [4.69, 9.17) is 0 Å². The minimum absolute atomic E-state index is 0.0728. The predicted octanol–water partition coefficient (Wildman–Crippen LogP) is 1.80. The lowest BCUT2D eigenvalue weighted by Crippen LogP contribution is -2.54. The lowest BCUT2D eigenvalue weighted by atomic mass is 10.1. The number of nitriles is 1. The van der Waals surface area contributed by atoms with Gasteiger partial charge in [-0.2, -0.15) is 5.26 Å². The molecule has 0 N–H and O–H groups in total. The quantitative estimate of drug-likeness (QED) is 0.591. The highest BCUT2D eigenvalue weighted by molar-refractivity contribution is 6.25. The molecule has 8 heteroatoms. The van der Waals surface area contributed by atoms with Gasteiger partial charge in [-0.05, 0) is 6.42 Å². The highest BCUT2D eigenvalue weighted by atomic mass is 16.2. The number of amides is 4. The van der Waals surface area contributed by atoms with Gasteiger partial charge in [0.2, 0.25) is 5.91 Å². The van der Waals surface area contributed by atoms with Crippen LogP contribution in [-0.2, 0) is 9.59 Å². The molecule has 8 nitrogen and oxygen atoms in total. The van der Waals surface area contributed by atoms with Crippen LogP contribution in [0.15, 0.2) is 43.1 Å². The second kappa shape index (κ2) is 6.14. The third-order valence-corrected chi connectivity index (χ3v) is 6.02. The Kier molecular flexibility index (Phi) is 3.68. The summed E-state index contributed by atoms with van der Waals surface area (Å²) in [5.41, 5.74) is 0.609. The number of urea groups is 1. The summed E-state index contributed by atoms with van der Waals surface area (Å²) in [6.45, 7) is 4.04. The van der Waals surface area contributed by atoms with Crippen LogP contribution in [0.25, 0.3) is 10.8 Å². The first-order valence-corrected chi connectivity index (χ1v) is 9.41.